The summed E-state index contributed by atoms with van der Waals surface area (Å²) in [5.74, 6) is 0. The molecule has 0 aliphatic carbocycles. The van der Waals surface area contributed by atoms with E-state index in [2.05, 4.69) is 26.3 Å². The predicted molar refractivity (Wildman–Crippen MR) is 98.2 cm³/mol. The van der Waals surface area contributed by atoms with Crippen molar-refractivity contribution in [2.75, 3.05) is 24.7 Å². The molecular weight excluding hydrogens is 352 g/mol. The Morgan fingerprint density at radius 1 is 1.50 bits per heavy atom. The second-order valence-electron chi connectivity index (χ2n) is 5.13. The summed E-state index contributed by atoms with van der Waals surface area (Å²) in [4.78, 5) is 2.39. The zero-order chi connectivity index (χ0) is 17.5. The van der Waals surface area contributed by atoms with Crippen LogP contribution in [0.4, 0.5) is 14.5 Å². The standard InChI is InChI=1S/C16H21F2N3OS2/c1-4-11(23-3)8-19-12-9-20-21-14-10(2)13(24-15(12)14)6-5-7-22-16(17)18/h4,9,16H,5-8H2,1-3H3,(H,19,21)/b11-4-. The molecule has 2 aromatic rings. The molecule has 24 heavy (non-hydrogen) atoms. The quantitative estimate of drug-likeness (QED) is 0.637. The molecule has 132 valence electrons. The summed E-state index contributed by atoms with van der Waals surface area (Å²) in [5, 5.41) is 11.7. The van der Waals surface area contributed by atoms with E-state index in [1.54, 1.807) is 29.3 Å². The molecular formula is C16H21F2N3OS2. The highest BCUT2D eigenvalue weighted by atomic mass is 32.2. The molecule has 0 unspecified atom stereocenters. The molecule has 2 heterocycles. The van der Waals surface area contributed by atoms with Crippen molar-refractivity contribution >= 4 is 39.0 Å². The molecule has 0 bridgehead atoms. The maximum absolute atomic E-state index is 12.0. The van der Waals surface area contributed by atoms with Gasteiger partial charge in [-0.3, -0.25) is 0 Å². The Labute approximate surface area is 148 Å². The molecule has 0 atom stereocenters. The van der Waals surface area contributed by atoms with E-state index in [4.69, 9.17) is 0 Å². The third kappa shape index (κ3) is 4.87. The first-order valence-electron chi connectivity index (χ1n) is 7.63. The van der Waals surface area contributed by atoms with Gasteiger partial charge in [-0.05, 0) is 43.4 Å². The average Bonchev–Trinajstić information content (AvgIpc) is 2.89. The lowest BCUT2D eigenvalue weighted by Crippen LogP contribution is -2.03. The van der Waals surface area contributed by atoms with E-state index in [0.29, 0.717) is 12.8 Å². The Balaban J connectivity index is 2.12. The van der Waals surface area contributed by atoms with Gasteiger partial charge in [-0.25, -0.2) is 0 Å². The van der Waals surface area contributed by atoms with Crippen LogP contribution in [0.1, 0.15) is 23.8 Å². The lowest BCUT2D eigenvalue weighted by atomic mass is 10.2. The van der Waals surface area contributed by atoms with E-state index >= 15 is 0 Å². The number of hydrogen-bond acceptors (Lipinski definition) is 6. The number of thiophene rings is 1. The molecule has 0 radical (unpaired) electrons. The maximum Gasteiger partial charge on any atom is 0.345 e. The molecule has 0 fully saturated rings. The number of aryl methyl sites for hydroxylation is 2. The third-order valence-electron chi connectivity index (χ3n) is 3.63. The molecule has 0 aliphatic heterocycles. The van der Waals surface area contributed by atoms with Gasteiger partial charge < -0.3 is 10.1 Å². The number of rotatable bonds is 9. The van der Waals surface area contributed by atoms with Gasteiger partial charge in [0.15, 0.2) is 0 Å². The zero-order valence-corrected chi connectivity index (χ0v) is 15.6. The smallest absolute Gasteiger partial charge is 0.345 e. The number of hydrogen-bond donors (Lipinski definition) is 1. The van der Waals surface area contributed by atoms with Gasteiger partial charge in [0.2, 0.25) is 0 Å². The fourth-order valence-electron chi connectivity index (χ4n) is 2.30. The van der Waals surface area contributed by atoms with E-state index in [1.165, 1.54) is 4.91 Å². The van der Waals surface area contributed by atoms with E-state index < -0.39 is 6.61 Å². The first-order chi connectivity index (χ1) is 11.6. The lowest BCUT2D eigenvalue weighted by molar-refractivity contribution is -0.129. The molecule has 2 aromatic heterocycles. The second kappa shape index (κ2) is 9.29. The number of ether oxygens (including phenoxy) is 1. The van der Waals surface area contributed by atoms with Crippen molar-refractivity contribution in [1.29, 1.82) is 0 Å². The predicted octanol–water partition coefficient (Wildman–Crippen LogP) is 4.85. The highest BCUT2D eigenvalue weighted by molar-refractivity contribution is 8.02. The maximum atomic E-state index is 12.0. The van der Waals surface area contributed by atoms with Crippen molar-refractivity contribution in [3.05, 3.63) is 27.6 Å². The molecule has 0 saturated carbocycles. The summed E-state index contributed by atoms with van der Waals surface area (Å²) in [6.07, 6.45) is 7.12. The zero-order valence-electron chi connectivity index (χ0n) is 13.9. The average molecular weight is 373 g/mol. The van der Waals surface area contributed by atoms with Gasteiger partial charge >= 0.3 is 6.61 Å². The van der Waals surface area contributed by atoms with Crippen LogP contribution in [0.15, 0.2) is 17.2 Å². The normalized spacial score (nSPS) is 12.3. The van der Waals surface area contributed by atoms with Gasteiger partial charge in [0.25, 0.3) is 0 Å². The number of aromatic nitrogens is 2. The molecule has 8 heteroatoms. The van der Waals surface area contributed by atoms with Crippen LogP contribution in [0.3, 0.4) is 0 Å². The minimum Gasteiger partial charge on any atom is -0.378 e. The summed E-state index contributed by atoms with van der Waals surface area (Å²) in [6.45, 7) is 2.11. The molecule has 1 N–H and O–H groups in total. The molecule has 0 aromatic carbocycles. The number of alkyl halides is 2. The van der Waals surface area contributed by atoms with Gasteiger partial charge in [0, 0.05) is 11.4 Å². The van der Waals surface area contributed by atoms with Gasteiger partial charge in [0.1, 0.15) is 5.52 Å². The first kappa shape index (κ1) is 19.1. The summed E-state index contributed by atoms with van der Waals surface area (Å²) >= 11 is 3.35. The van der Waals surface area contributed by atoms with Crippen molar-refractivity contribution in [2.45, 2.75) is 33.3 Å². The Morgan fingerprint density at radius 2 is 2.29 bits per heavy atom. The molecule has 4 nitrogen and oxygen atoms in total. The van der Waals surface area contributed by atoms with Crippen LogP contribution in [0.2, 0.25) is 0 Å². The summed E-state index contributed by atoms with van der Waals surface area (Å²) in [7, 11) is 0. The molecule has 0 saturated heterocycles. The van der Waals surface area contributed by atoms with E-state index in [9.17, 15) is 8.78 Å². The summed E-state index contributed by atoms with van der Waals surface area (Å²) in [6, 6.07) is 0. The fraction of sp³-hybridized carbons (Fsp3) is 0.500. The van der Waals surface area contributed by atoms with Crippen LogP contribution in [0.25, 0.3) is 10.2 Å². The molecule has 2 rings (SSSR count). The largest absolute Gasteiger partial charge is 0.378 e. The van der Waals surface area contributed by atoms with Crippen LogP contribution >= 0.6 is 23.1 Å². The highest BCUT2D eigenvalue weighted by Gasteiger charge is 2.14. The van der Waals surface area contributed by atoms with E-state index in [-0.39, 0.29) is 6.61 Å². The van der Waals surface area contributed by atoms with Crippen molar-refractivity contribution < 1.29 is 13.5 Å². The monoisotopic (exact) mass is 373 g/mol. The Bertz CT molecular complexity index is 704. The SMILES string of the molecule is C/C=C(/CNc1cnnc2c(C)c(CCCOC(F)F)sc12)SC. The van der Waals surface area contributed by atoms with Gasteiger partial charge in [0.05, 0.1) is 23.2 Å². The van der Waals surface area contributed by atoms with E-state index in [0.717, 1.165) is 32.9 Å². The number of nitrogens with one attached hydrogen (secondary N) is 1. The summed E-state index contributed by atoms with van der Waals surface area (Å²) in [5.41, 5.74) is 2.90. The summed E-state index contributed by atoms with van der Waals surface area (Å²) < 4.78 is 29.4. The number of thioether (sulfide) groups is 1. The Hall–Kier alpha value is -1.25. The van der Waals surface area contributed by atoms with Gasteiger partial charge in [-0.2, -0.15) is 13.9 Å². The van der Waals surface area contributed by atoms with Crippen molar-refractivity contribution in [3.8, 4) is 0 Å². The van der Waals surface area contributed by atoms with E-state index in [1.807, 2.05) is 20.1 Å². The minimum absolute atomic E-state index is 0.0561. The number of nitrogens with zero attached hydrogens (tertiary/aromatic N) is 2. The molecule has 0 spiro atoms. The van der Waals surface area contributed by atoms with Crippen LogP contribution in [-0.2, 0) is 11.2 Å². The number of anilines is 1. The second-order valence-corrected chi connectivity index (χ2v) is 7.17. The highest BCUT2D eigenvalue weighted by Crippen LogP contribution is 2.34. The number of fused-ring (bicyclic) bond motifs is 1. The number of halogens is 2. The van der Waals surface area contributed by atoms with Gasteiger partial charge in [-0.15, -0.1) is 28.2 Å². The van der Waals surface area contributed by atoms with Crippen LogP contribution in [-0.4, -0.2) is 36.2 Å². The lowest BCUT2D eigenvalue weighted by Gasteiger charge is -2.07. The van der Waals surface area contributed by atoms with Crippen molar-refractivity contribution in [1.82, 2.24) is 10.2 Å². The van der Waals surface area contributed by atoms with Crippen LogP contribution in [0.5, 0.6) is 0 Å². The van der Waals surface area contributed by atoms with Crippen molar-refractivity contribution in [3.63, 3.8) is 0 Å². The molecule has 0 aliphatic rings. The van der Waals surface area contributed by atoms with Crippen LogP contribution < -0.4 is 5.32 Å². The van der Waals surface area contributed by atoms with Crippen molar-refractivity contribution in [2.24, 2.45) is 0 Å². The number of allylic oxidation sites excluding steroid dienone is 1. The topological polar surface area (TPSA) is 47.0 Å². The fourth-order valence-corrected chi connectivity index (χ4v) is 4.02. The Morgan fingerprint density at radius 3 is 2.96 bits per heavy atom. The first-order valence-corrected chi connectivity index (χ1v) is 9.67. The Kier molecular flexibility index (Phi) is 7.39. The minimum atomic E-state index is -2.70. The third-order valence-corrected chi connectivity index (χ3v) is 5.91. The van der Waals surface area contributed by atoms with Gasteiger partial charge in [-0.1, -0.05) is 6.08 Å². The van der Waals surface area contributed by atoms with Crippen LogP contribution in [0, 0.1) is 6.92 Å². The molecule has 0 amide bonds.